The van der Waals surface area contributed by atoms with Gasteiger partial charge in [0.15, 0.2) is 6.10 Å². The second-order valence-electron chi connectivity index (χ2n) is 18.4. The van der Waals surface area contributed by atoms with Crippen LogP contribution in [-0.4, -0.2) is 37.9 Å². The van der Waals surface area contributed by atoms with Gasteiger partial charge in [-0.25, -0.2) is 0 Å². The van der Waals surface area contributed by atoms with Crippen LogP contribution in [0.5, 0.6) is 0 Å². The van der Waals surface area contributed by atoms with Crippen molar-refractivity contribution < 1.29 is 23.8 Å². The van der Waals surface area contributed by atoms with Crippen molar-refractivity contribution >= 4 is 11.9 Å². The first-order valence-electron chi connectivity index (χ1n) is 28.7. The predicted molar refractivity (Wildman–Crippen MR) is 306 cm³/mol. The van der Waals surface area contributed by atoms with E-state index < -0.39 is 6.10 Å². The summed E-state index contributed by atoms with van der Waals surface area (Å²) in [6.45, 7) is 7.44. The molecule has 396 valence electrons. The minimum absolute atomic E-state index is 0.0234. The third kappa shape index (κ3) is 56.6. The molecule has 0 aromatic rings. The van der Waals surface area contributed by atoms with Gasteiger partial charge in [0.2, 0.25) is 0 Å². The first-order chi connectivity index (χ1) is 34.6. The molecule has 0 heterocycles. The Morgan fingerprint density at radius 2 is 0.671 bits per heavy atom. The van der Waals surface area contributed by atoms with Gasteiger partial charge in [0.1, 0.15) is 6.61 Å². The highest BCUT2D eigenvalue weighted by atomic mass is 16.6. The monoisotopic (exact) mass is 967 g/mol. The van der Waals surface area contributed by atoms with Gasteiger partial charge in [-0.2, -0.15) is 0 Å². The molecule has 0 saturated carbocycles. The van der Waals surface area contributed by atoms with Gasteiger partial charge in [-0.3, -0.25) is 9.59 Å². The SMILES string of the molecule is CC/C=C\C/C=C\C/C=C\C/C=C\C/C=C\C/C=C\CCC(=O)OCC(COCCCCC/C=C\C/C=C\C/C=C\C/C=C\CC)OC(=O)CCCCCCCCCCC/C=C\CCCCCCCC. The molecule has 1 unspecified atom stereocenters. The second-order valence-corrected chi connectivity index (χ2v) is 18.4. The highest BCUT2D eigenvalue weighted by molar-refractivity contribution is 5.70. The van der Waals surface area contributed by atoms with Gasteiger partial charge in [0, 0.05) is 19.4 Å². The zero-order chi connectivity index (χ0) is 50.6. The molecule has 0 amide bonds. The van der Waals surface area contributed by atoms with Gasteiger partial charge in [-0.1, -0.05) is 238 Å². The van der Waals surface area contributed by atoms with Crippen LogP contribution in [0.4, 0.5) is 0 Å². The zero-order valence-corrected chi connectivity index (χ0v) is 45.5. The molecule has 0 aliphatic rings. The van der Waals surface area contributed by atoms with Crippen LogP contribution < -0.4 is 0 Å². The van der Waals surface area contributed by atoms with Crippen LogP contribution in [0.2, 0.25) is 0 Å². The Balaban J connectivity index is 4.46. The largest absolute Gasteiger partial charge is 0.462 e. The first kappa shape index (κ1) is 66.0. The van der Waals surface area contributed by atoms with E-state index in [0.29, 0.717) is 25.9 Å². The van der Waals surface area contributed by atoms with E-state index in [0.717, 1.165) is 109 Å². The minimum atomic E-state index is -0.595. The number of hydrogen-bond donors (Lipinski definition) is 0. The molecule has 0 fully saturated rings. The Hall–Kier alpha value is -3.96. The number of carbonyl (C=O) groups excluding carboxylic acids is 2. The van der Waals surface area contributed by atoms with E-state index in [4.69, 9.17) is 14.2 Å². The summed E-state index contributed by atoms with van der Waals surface area (Å²) in [4.78, 5) is 25.5. The van der Waals surface area contributed by atoms with Gasteiger partial charge in [-0.05, 0) is 122 Å². The summed E-state index contributed by atoms with van der Waals surface area (Å²) < 4.78 is 17.4. The Bertz CT molecular complexity index is 1470. The Labute approximate surface area is 432 Å². The first-order valence-corrected chi connectivity index (χ1v) is 28.7. The molecule has 0 rings (SSSR count). The Kier molecular flexibility index (Phi) is 56.0. The molecule has 0 aromatic heterocycles. The van der Waals surface area contributed by atoms with E-state index in [-0.39, 0.29) is 25.2 Å². The lowest BCUT2D eigenvalue weighted by Crippen LogP contribution is -2.30. The van der Waals surface area contributed by atoms with Crippen molar-refractivity contribution in [3.05, 3.63) is 134 Å². The van der Waals surface area contributed by atoms with Crippen molar-refractivity contribution in [2.45, 2.75) is 245 Å². The van der Waals surface area contributed by atoms with Crippen LogP contribution in [0, 0.1) is 0 Å². The van der Waals surface area contributed by atoms with Gasteiger partial charge in [-0.15, -0.1) is 0 Å². The number of carbonyl (C=O) groups is 2. The highest BCUT2D eigenvalue weighted by Gasteiger charge is 2.17. The normalized spacial score (nSPS) is 13.2. The molecule has 0 aliphatic carbocycles. The second kappa shape index (κ2) is 59.3. The molecule has 0 saturated heterocycles. The lowest BCUT2D eigenvalue weighted by atomic mass is 10.1. The average Bonchev–Trinajstić information content (AvgIpc) is 3.36. The smallest absolute Gasteiger partial charge is 0.306 e. The third-order valence-corrected chi connectivity index (χ3v) is 11.7. The quantitative estimate of drug-likeness (QED) is 0.0345. The van der Waals surface area contributed by atoms with E-state index in [1.807, 2.05) is 6.08 Å². The molecule has 5 heteroatoms. The van der Waals surface area contributed by atoms with Crippen molar-refractivity contribution in [2.24, 2.45) is 0 Å². The van der Waals surface area contributed by atoms with Crippen LogP contribution in [0.15, 0.2) is 134 Å². The van der Waals surface area contributed by atoms with E-state index in [9.17, 15) is 9.59 Å². The molecule has 0 spiro atoms. The number of ether oxygens (including phenoxy) is 3. The molecule has 0 bridgehead atoms. The van der Waals surface area contributed by atoms with E-state index >= 15 is 0 Å². The highest BCUT2D eigenvalue weighted by Crippen LogP contribution is 2.14. The maximum atomic E-state index is 12.9. The van der Waals surface area contributed by atoms with Gasteiger partial charge in [0.05, 0.1) is 6.61 Å². The Morgan fingerprint density at radius 1 is 0.329 bits per heavy atom. The number of esters is 2. The molecule has 0 N–H and O–H groups in total. The van der Waals surface area contributed by atoms with Gasteiger partial charge in [0.25, 0.3) is 0 Å². The molecule has 70 heavy (non-hydrogen) atoms. The number of unbranched alkanes of at least 4 members (excludes halogenated alkanes) is 18. The van der Waals surface area contributed by atoms with E-state index in [2.05, 4.69) is 148 Å². The summed E-state index contributed by atoms with van der Waals surface area (Å²) >= 11 is 0. The van der Waals surface area contributed by atoms with E-state index in [1.54, 1.807) is 0 Å². The zero-order valence-electron chi connectivity index (χ0n) is 45.5. The summed E-state index contributed by atoms with van der Waals surface area (Å²) in [6, 6.07) is 0. The topological polar surface area (TPSA) is 61.8 Å². The summed E-state index contributed by atoms with van der Waals surface area (Å²) in [7, 11) is 0. The van der Waals surface area contributed by atoms with Crippen molar-refractivity contribution in [3.8, 4) is 0 Å². The van der Waals surface area contributed by atoms with Crippen LogP contribution in [0.3, 0.4) is 0 Å². The fourth-order valence-electron chi connectivity index (χ4n) is 7.46. The van der Waals surface area contributed by atoms with Crippen molar-refractivity contribution in [3.63, 3.8) is 0 Å². The van der Waals surface area contributed by atoms with Gasteiger partial charge >= 0.3 is 11.9 Å². The van der Waals surface area contributed by atoms with Crippen molar-refractivity contribution in [1.29, 1.82) is 0 Å². The summed E-state index contributed by atoms with van der Waals surface area (Å²) in [5, 5.41) is 0. The maximum absolute atomic E-state index is 12.9. The number of hydrogen-bond acceptors (Lipinski definition) is 5. The number of allylic oxidation sites excluding steroid dienone is 22. The van der Waals surface area contributed by atoms with Crippen LogP contribution in [0.1, 0.15) is 239 Å². The number of rotatable bonds is 51. The fourth-order valence-corrected chi connectivity index (χ4v) is 7.46. The average molecular weight is 968 g/mol. The lowest BCUT2D eigenvalue weighted by molar-refractivity contribution is -0.162. The van der Waals surface area contributed by atoms with Crippen LogP contribution in [0.25, 0.3) is 0 Å². The third-order valence-electron chi connectivity index (χ3n) is 11.7. The van der Waals surface area contributed by atoms with E-state index in [1.165, 1.54) is 89.9 Å². The summed E-state index contributed by atoms with van der Waals surface area (Å²) in [6.07, 6.45) is 84.9. The maximum Gasteiger partial charge on any atom is 0.306 e. The summed E-state index contributed by atoms with van der Waals surface area (Å²) in [5.41, 5.74) is 0. The Morgan fingerprint density at radius 3 is 1.10 bits per heavy atom. The summed E-state index contributed by atoms with van der Waals surface area (Å²) in [5.74, 6) is -0.520. The molecule has 1 atom stereocenters. The minimum Gasteiger partial charge on any atom is -0.462 e. The van der Waals surface area contributed by atoms with Crippen LogP contribution in [-0.2, 0) is 23.8 Å². The van der Waals surface area contributed by atoms with Crippen LogP contribution >= 0.6 is 0 Å². The van der Waals surface area contributed by atoms with Crippen molar-refractivity contribution in [1.82, 2.24) is 0 Å². The molecule has 0 aliphatic heterocycles. The van der Waals surface area contributed by atoms with Gasteiger partial charge < -0.3 is 14.2 Å². The molecule has 0 aromatic carbocycles. The standard InChI is InChI=1S/C65H106O5/c1-4-7-10-13-16-19-22-25-28-31-33-35-37-40-43-46-49-52-55-58-64(66)69-62-63(61-68-60-57-54-51-48-45-42-39-30-27-24-21-18-15-12-9-6-3)70-65(67)59-56-53-50-47-44-41-38-36-34-32-29-26-23-20-17-14-11-8-5-2/h7,9-10,12,16,18-19,21,25-30,33,35,40,42-43,45,49,52,63H,4-6,8,11,13-15,17,20,22-24,31-32,34,36-39,41,44,46-48,50-51,53-62H2,1-3H3/b10-7-,12-9-,19-16-,21-18-,28-25-,29-26-,30-27-,35-33-,43-40-,45-42-,52-49-. The lowest BCUT2D eigenvalue weighted by Gasteiger charge is -2.18. The fraction of sp³-hybridized carbons (Fsp3) is 0.631. The predicted octanol–water partition coefficient (Wildman–Crippen LogP) is 19.9. The van der Waals surface area contributed by atoms with Crippen molar-refractivity contribution in [2.75, 3.05) is 19.8 Å². The molecular formula is C65H106O5. The molecule has 5 nitrogen and oxygen atoms in total. The molecule has 0 radical (unpaired) electrons. The molecular weight excluding hydrogens is 861 g/mol.